The van der Waals surface area contributed by atoms with Gasteiger partial charge in [0.05, 0.1) is 6.26 Å². The maximum absolute atomic E-state index is 6.30. The van der Waals surface area contributed by atoms with Crippen LogP contribution in [0, 0.1) is 0 Å². The van der Waals surface area contributed by atoms with E-state index in [2.05, 4.69) is 41.5 Å². The predicted molar refractivity (Wildman–Crippen MR) is 70.4 cm³/mol. The highest BCUT2D eigenvalue weighted by atomic mass is 28.4. The van der Waals surface area contributed by atoms with Gasteiger partial charge in [-0.25, -0.2) is 0 Å². The average molecular weight is 240 g/mol. The van der Waals surface area contributed by atoms with Crippen molar-refractivity contribution in [3.63, 3.8) is 0 Å². The van der Waals surface area contributed by atoms with Crippen molar-refractivity contribution in [1.82, 2.24) is 0 Å². The molecule has 0 saturated carbocycles. The zero-order chi connectivity index (χ0) is 12.3. The largest absolute Gasteiger partial charge is 0.518 e. The molecule has 1 rings (SSSR count). The van der Waals surface area contributed by atoms with E-state index in [1.807, 2.05) is 12.1 Å². The fourth-order valence-electron chi connectivity index (χ4n) is 2.85. The molecule has 0 unspecified atom stereocenters. The minimum absolute atomic E-state index is 0.581. The third kappa shape index (κ3) is 2.34. The summed E-state index contributed by atoms with van der Waals surface area (Å²) in [5.41, 5.74) is 1.74. The van der Waals surface area contributed by atoms with Crippen LogP contribution in [0.4, 0.5) is 0 Å². The van der Waals surface area contributed by atoms with Crippen LogP contribution in [0.2, 0.25) is 16.6 Å². The molecule has 0 saturated heterocycles. The van der Waals surface area contributed by atoms with E-state index in [1.165, 1.54) is 0 Å². The van der Waals surface area contributed by atoms with Crippen LogP contribution in [0.1, 0.15) is 41.5 Å². The van der Waals surface area contributed by atoms with Crippen LogP contribution >= 0.6 is 0 Å². The van der Waals surface area contributed by atoms with Gasteiger partial charge in [0.2, 0.25) is 0 Å². The van der Waals surface area contributed by atoms with Crippen LogP contribution in [0.15, 0.2) is 22.8 Å². The highest BCUT2D eigenvalue weighted by Gasteiger charge is 2.47. The Balaban J connectivity index is 3.02. The highest BCUT2D eigenvalue weighted by molar-refractivity contribution is 6.78. The fraction of sp³-hybridized carbons (Fsp3) is 0.692. The van der Waals surface area contributed by atoms with Gasteiger partial charge in [0.1, 0.15) is 0 Å². The maximum atomic E-state index is 6.30. The molecule has 1 aromatic heterocycles. The van der Waals surface area contributed by atoms with Crippen molar-refractivity contribution < 1.29 is 8.84 Å². The molecule has 0 aliphatic rings. The second kappa shape index (κ2) is 5.08. The van der Waals surface area contributed by atoms with Gasteiger partial charge in [-0.2, -0.15) is 0 Å². The molecule has 0 spiro atoms. The monoisotopic (exact) mass is 240 g/mol. The van der Waals surface area contributed by atoms with Crippen LogP contribution in [0.3, 0.4) is 0 Å². The molecule has 1 aromatic rings. The standard InChI is InChI=1S/C13H24O2Si/c1-10(2)16(11(3)4,12(5)6)15-13-8-7-9-14-13/h7-12H,1-6H3. The average Bonchev–Trinajstić information content (AvgIpc) is 2.64. The second-order valence-electron chi connectivity index (χ2n) is 5.35. The predicted octanol–water partition coefficient (Wildman–Crippen LogP) is 4.83. The third-order valence-electron chi connectivity index (χ3n) is 3.48. The smallest absolute Gasteiger partial charge is 0.270 e. The topological polar surface area (TPSA) is 22.4 Å². The first-order valence-corrected chi connectivity index (χ1v) is 8.27. The Morgan fingerprint density at radius 3 is 1.81 bits per heavy atom. The molecular formula is C13H24O2Si. The Kier molecular flexibility index (Phi) is 4.25. The molecule has 0 bridgehead atoms. The summed E-state index contributed by atoms with van der Waals surface area (Å²) in [6, 6.07) is 3.80. The van der Waals surface area contributed by atoms with E-state index < -0.39 is 8.32 Å². The van der Waals surface area contributed by atoms with Gasteiger partial charge in [0.15, 0.2) is 0 Å². The molecule has 0 aliphatic heterocycles. The third-order valence-corrected chi connectivity index (χ3v) is 9.45. The summed E-state index contributed by atoms with van der Waals surface area (Å²) in [7, 11) is -1.83. The van der Waals surface area contributed by atoms with Gasteiger partial charge in [-0.05, 0) is 22.7 Å². The van der Waals surface area contributed by atoms with Gasteiger partial charge in [-0.15, -0.1) is 0 Å². The Morgan fingerprint density at radius 2 is 1.50 bits per heavy atom. The zero-order valence-electron chi connectivity index (χ0n) is 11.3. The van der Waals surface area contributed by atoms with E-state index >= 15 is 0 Å². The van der Waals surface area contributed by atoms with Gasteiger partial charge < -0.3 is 8.84 Å². The molecule has 0 atom stereocenters. The molecule has 16 heavy (non-hydrogen) atoms. The lowest BCUT2D eigenvalue weighted by molar-refractivity contribution is 0.358. The first-order valence-electron chi connectivity index (χ1n) is 6.13. The van der Waals surface area contributed by atoms with Crippen LogP contribution in [0.25, 0.3) is 0 Å². The number of hydrogen-bond donors (Lipinski definition) is 0. The Labute approximate surface area is 100 Å². The Hall–Kier alpha value is -0.703. The summed E-state index contributed by atoms with van der Waals surface area (Å²) in [4.78, 5) is 0. The lowest BCUT2D eigenvalue weighted by atomic mass is 10.5. The summed E-state index contributed by atoms with van der Waals surface area (Å²) in [5, 5.41) is 0. The van der Waals surface area contributed by atoms with Crippen molar-refractivity contribution in [2.45, 2.75) is 58.2 Å². The van der Waals surface area contributed by atoms with Gasteiger partial charge >= 0.3 is 0 Å². The minimum atomic E-state index is -1.83. The molecule has 0 amide bonds. The molecule has 0 aliphatic carbocycles. The summed E-state index contributed by atoms with van der Waals surface area (Å²) >= 11 is 0. The van der Waals surface area contributed by atoms with Crippen LogP contribution in [0.5, 0.6) is 5.95 Å². The van der Waals surface area contributed by atoms with E-state index in [-0.39, 0.29) is 0 Å². The summed E-state index contributed by atoms with van der Waals surface area (Å²) < 4.78 is 11.7. The van der Waals surface area contributed by atoms with E-state index in [0.29, 0.717) is 22.6 Å². The lowest BCUT2D eigenvalue weighted by Gasteiger charge is -2.41. The van der Waals surface area contributed by atoms with Crippen LogP contribution in [-0.2, 0) is 0 Å². The van der Waals surface area contributed by atoms with E-state index in [0.717, 1.165) is 0 Å². The van der Waals surface area contributed by atoms with Crippen molar-refractivity contribution in [3.8, 4) is 5.95 Å². The van der Waals surface area contributed by atoms with Crippen molar-refractivity contribution >= 4 is 8.32 Å². The number of rotatable bonds is 5. The van der Waals surface area contributed by atoms with Crippen LogP contribution in [-0.4, -0.2) is 8.32 Å². The van der Waals surface area contributed by atoms with Gasteiger partial charge in [-0.3, -0.25) is 0 Å². The summed E-state index contributed by atoms with van der Waals surface area (Å²) in [6.07, 6.45) is 1.68. The SMILES string of the molecule is CC(C)[Si](Oc1ccco1)(C(C)C)C(C)C. The molecular weight excluding hydrogens is 216 g/mol. The van der Waals surface area contributed by atoms with Gasteiger partial charge in [0.25, 0.3) is 14.3 Å². The first-order chi connectivity index (χ1) is 7.41. The summed E-state index contributed by atoms with van der Waals surface area (Å²) in [5.74, 6) is 0.683. The van der Waals surface area contributed by atoms with Crippen molar-refractivity contribution in [3.05, 3.63) is 18.4 Å². The minimum Gasteiger partial charge on any atom is -0.518 e. The number of furan rings is 1. The quantitative estimate of drug-likeness (QED) is 0.687. The zero-order valence-corrected chi connectivity index (χ0v) is 12.3. The molecule has 0 aromatic carbocycles. The number of hydrogen-bond acceptors (Lipinski definition) is 2. The van der Waals surface area contributed by atoms with Crippen LogP contribution < -0.4 is 4.43 Å². The molecule has 2 nitrogen and oxygen atoms in total. The highest BCUT2D eigenvalue weighted by Crippen LogP contribution is 2.42. The van der Waals surface area contributed by atoms with E-state index in [1.54, 1.807) is 6.26 Å². The van der Waals surface area contributed by atoms with Gasteiger partial charge in [-0.1, -0.05) is 41.5 Å². The van der Waals surface area contributed by atoms with Gasteiger partial charge in [0, 0.05) is 6.07 Å². The van der Waals surface area contributed by atoms with Crippen molar-refractivity contribution in [1.29, 1.82) is 0 Å². The van der Waals surface area contributed by atoms with E-state index in [4.69, 9.17) is 8.84 Å². The van der Waals surface area contributed by atoms with Crippen molar-refractivity contribution in [2.24, 2.45) is 0 Å². The molecule has 0 fully saturated rings. The maximum Gasteiger partial charge on any atom is 0.270 e. The summed E-state index contributed by atoms with van der Waals surface area (Å²) in [6.45, 7) is 13.6. The molecule has 92 valence electrons. The fourth-order valence-corrected chi connectivity index (χ4v) is 8.02. The second-order valence-corrected chi connectivity index (χ2v) is 10.7. The first kappa shape index (κ1) is 13.4. The molecule has 0 radical (unpaired) electrons. The molecule has 0 N–H and O–H groups in total. The van der Waals surface area contributed by atoms with E-state index in [9.17, 15) is 0 Å². The molecule has 3 heteroatoms. The molecule has 1 heterocycles. The Morgan fingerprint density at radius 1 is 1.00 bits per heavy atom. The Bertz CT molecular complexity index is 280. The normalized spacial score (nSPS) is 12.8. The van der Waals surface area contributed by atoms with Crippen molar-refractivity contribution in [2.75, 3.05) is 0 Å². The lowest BCUT2D eigenvalue weighted by Crippen LogP contribution is -2.50.